The molecule has 9 aromatic rings. The molecule has 0 atom stereocenters. The number of nitrogens with zero attached hydrogens (tertiary/aromatic N) is 3. The van der Waals surface area contributed by atoms with Crippen LogP contribution in [0.4, 0.5) is 0 Å². The van der Waals surface area contributed by atoms with Gasteiger partial charge in [-0.3, -0.25) is 0 Å². The quantitative estimate of drug-likeness (QED) is 0.193. The van der Waals surface area contributed by atoms with E-state index >= 15 is 0 Å². The molecule has 0 unspecified atom stereocenters. The van der Waals surface area contributed by atoms with Crippen molar-refractivity contribution in [3.63, 3.8) is 0 Å². The van der Waals surface area contributed by atoms with Crippen LogP contribution in [0.3, 0.4) is 0 Å². The second kappa shape index (κ2) is 11.4. The third-order valence-electron chi connectivity index (χ3n) is 8.76. The minimum Gasteiger partial charge on any atom is -0.208 e. The first-order valence-corrected chi connectivity index (χ1v) is 16.5. The Balaban J connectivity index is 1.17. The lowest BCUT2D eigenvalue weighted by Crippen LogP contribution is -2.00. The number of rotatable bonds is 5. The Morgan fingerprint density at radius 3 is 1.51 bits per heavy atom. The Hall–Kier alpha value is -5.97. The number of thiophene rings is 1. The fourth-order valence-electron chi connectivity index (χ4n) is 6.38. The molecule has 0 N–H and O–H groups in total. The molecule has 9 rings (SSSR count). The summed E-state index contributed by atoms with van der Waals surface area (Å²) < 4.78 is 2.53. The summed E-state index contributed by atoms with van der Waals surface area (Å²) in [6.45, 7) is 0. The van der Waals surface area contributed by atoms with Crippen LogP contribution in [-0.2, 0) is 0 Å². The van der Waals surface area contributed by atoms with Crippen LogP contribution in [0.15, 0.2) is 164 Å². The van der Waals surface area contributed by atoms with Crippen molar-refractivity contribution in [1.82, 2.24) is 15.0 Å². The fraction of sp³-hybridized carbons (Fsp3) is 0. The van der Waals surface area contributed by atoms with Crippen molar-refractivity contribution >= 4 is 42.3 Å². The van der Waals surface area contributed by atoms with Gasteiger partial charge < -0.3 is 0 Å². The summed E-state index contributed by atoms with van der Waals surface area (Å²) in [5.41, 5.74) is 7.65. The molecule has 0 bridgehead atoms. The highest BCUT2D eigenvalue weighted by atomic mass is 32.1. The minimum atomic E-state index is 0.653. The van der Waals surface area contributed by atoms with E-state index in [4.69, 9.17) is 15.0 Å². The molecule has 220 valence electrons. The molecule has 0 saturated carbocycles. The number of aromatic nitrogens is 3. The van der Waals surface area contributed by atoms with Crippen LogP contribution < -0.4 is 0 Å². The lowest BCUT2D eigenvalue weighted by atomic mass is 9.99. The second-order valence-electron chi connectivity index (χ2n) is 11.6. The van der Waals surface area contributed by atoms with Gasteiger partial charge in [0, 0.05) is 42.2 Å². The van der Waals surface area contributed by atoms with E-state index in [0.717, 1.165) is 22.3 Å². The van der Waals surface area contributed by atoms with E-state index in [1.54, 1.807) is 0 Å². The molecule has 0 radical (unpaired) electrons. The summed E-state index contributed by atoms with van der Waals surface area (Å²) in [6.07, 6.45) is 0. The summed E-state index contributed by atoms with van der Waals surface area (Å²) >= 11 is 1.83. The summed E-state index contributed by atoms with van der Waals surface area (Å²) in [7, 11) is 0. The monoisotopic (exact) mass is 617 g/mol. The summed E-state index contributed by atoms with van der Waals surface area (Å²) in [5.74, 6) is 1.98. The molecule has 0 aliphatic carbocycles. The summed E-state index contributed by atoms with van der Waals surface area (Å²) in [4.78, 5) is 15.2. The van der Waals surface area contributed by atoms with E-state index in [9.17, 15) is 0 Å². The average Bonchev–Trinajstić information content (AvgIpc) is 3.54. The lowest BCUT2D eigenvalue weighted by molar-refractivity contribution is 1.08. The first-order valence-electron chi connectivity index (χ1n) is 15.7. The zero-order valence-electron chi connectivity index (χ0n) is 25.3. The van der Waals surface area contributed by atoms with Gasteiger partial charge in [-0.25, -0.2) is 15.0 Å². The molecule has 4 heteroatoms. The fourth-order valence-corrected chi connectivity index (χ4v) is 7.65. The van der Waals surface area contributed by atoms with Crippen LogP contribution in [0.25, 0.3) is 87.4 Å². The molecule has 0 aliphatic rings. The van der Waals surface area contributed by atoms with Crippen LogP contribution in [0.5, 0.6) is 0 Å². The van der Waals surface area contributed by atoms with E-state index < -0.39 is 0 Å². The number of benzene rings is 7. The minimum absolute atomic E-state index is 0.653. The zero-order chi connectivity index (χ0) is 31.2. The number of hydrogen-bond donors (Lipinski definition) is 0. The standard InChI is InChI=1S/C43H27N3S/c1-3-10-28(11-4-1)29-18-20-30(21-19-29)31-22-24-34(25-23-31)42-44-41(33-12-5-2-6-13-33)45-43(46-42)37-16-9-14-32-26-27-36-35-15-7-8-17-38(35)47-40(36)39(32)37/h1-27H. The van der Waals surface area contributed by atoms with Gasteiger partial charge in [0.1, 0.15) is 0 Å². The largest absolute Gasteiger partial charge is 0.208 e. The molecule has 7 aromatic carbocycles. The number of hydrogen-bond acceptors (Lipinski definition) is 4. The molecular weight excluding hydrogens is 591 g/mol. The second-order valence-corrected chi connectivity index (χ2v) is 12.7. The third-order valence-corrected chi connectivity index (χ3v) is 9.97. The van der Waals surface area contributed by atoms with Crippen molar-refractivity contribution in [1.29, 1.82) is 0 Å². The molecular formula is C43H27N3S. The van der Waals surface area contributed by atoms with Crippen LogP contribution in [0.1, 0.15) is 0 Å². The number of fused-ring (bicyclic) bond motifs is 5. The molecule has 47 heavy (non-hydrogen) atoms. The van der Waals surface area contributed by atoms with E-state index in [1.165, 1.54) is 47.6 Å². The Kier molecular flexibility index (Phi) is 6.65. The predicted molar refractivity (Wildman–Crippen MR) is 197 cm³/mol. The Bertz CT molecular complexity index is 2540. The maximum atomic E-state index is 5.14. The third kappa shape index (κ3) is 4.96. The molecule has 0 fully saturated rings. The van der Waals surface area contributed by atoms with Crippen LogP contribution >= 0.6 is 11.3 Å². The van der Waals surface area contributed by atoms with Crippen molar-refractivity contribution in [2.24, 2.45) is 0 Å². The maximum Gasteiger partial charge on any atom is 0.164 e. The molecule has 0 amide bonds. The van der Waals surface area contributed by atoms with Gasteiger partial charge in [0.15, 0.2) is 17.5 Å². The van der Waals surface area contributed by atoms with E-state index in [-0.39, 0.29) is 0 Å². The first kappa shape index (κ1) is 27.3. The molecule has 0 saturated heterocycles. The summed E-state index contributed by atoms with van der Waals surface area (Å²) in [5, 5.41) is 4.89. The topological polar surface area (TPSA) is 38.7 Å². The van der Waals surface area contributed by atoms with Gasteiger partial charge in [0.05, 0.1) is 0 Å². The van der Waals surface area contributed by atoms with Crippen molar-refractivity contribution in [3.8, 4) is 56.4 Å². The van der Waals surface area contributed by atoms with Gasteiger partial charge in [-0.2, -0.15) is 0 Å². The highest BCUT2D eigenvalue weighted by Gasteiger charge is 2.17. The van der Waals surface area contributed by atoms with Crippen molar-refractivity contribution in [2.45, 2.75) is 0 Å². The zero-order valence-corrected chi connectivity index (χ0v) is 26.2. The van der Waals surface area contributed by atoms with Crippen LogP contribution in [-0.4, -0.2) is 15.0 Å². The maximum absolute atomic E-state index is 5.14. The van der Waals surface area contributed by atoms with Crippen LogP contribution in [0.2, 0.25) is 0 Å². The normalized spacial score (nSPS) is 11.4. The van der Waals surface area contributed by atoms with Gasteiger partial charge in [-0.05, 0) is 33.7 Å². The Morgan fingerprint density at radius 1 is 0.340 bits per heavy atom. The van der Waals surface area contributed by atoms with E-state index in [1.807, 2.05) is 35.6 Å². The predicted octanol–water partition coefficient (Wildman–Crippen LogP) is 11.7. The average molecular weight is 618 g/mol. The first-order chi connectivity index (χ1) is 23.3. The van der Waals surface area contributed by atoms with Gasteiger partial charge >= 0.3 is 0 Å². The van der Waals surface area contributed by atoms with Gasteiger partial charge in [-0.15, -0.1) is 11.3 Å². The lowest BCUT2D eigenvalue weighted by Gasteiger charge is -2.11. The molecule has 2 aromatic heterocycles. The highest BCUT2D eigenvalue weighted by Crippen LogP contribution is 2.42. The van der Waals surface area contributed by atoms with Gasteiger partial charge in [-0.1, -0.05) is 158 Å². The molecule has 0 aliphatic heterocycles. The molecule has 0 spiro atoms. The van der Waals surface area contributed by atoms with Crippen LogP contribution in [0, 0.1) is 0 Å². The SMILES string of the molecule is c1ccc(-c2ccc(-c3ccc(-c4nc(-c5ccccc5)nc(-c5cccc6ccc7c8ccccc8sc7c56)n4)cc3)cc2)cc1. The van der Waals surface area contributed by atoms with Crippen molar-refractivity contribution in [3.05, 3.63) is 164 Å². The Labute approximate surface area is 276 Å². The Morgan fingerprint density at radius 2 is 0.851 bits per heavy atom. The smallest absolute Gasteiger partial charge is 0.164 e. The molecule has 3 nitrogen and oxygen atoms in total. The van der Waals surface area contributed by atoms with E-state index in [0.29, 0.717) is 17.5 Å². The van der Waals surface area contributed by atoms with E-state index in [2.05, 4.69) is 140 Å². The summed E-state index contributed by atoms with van der Waals surface area (Å²) in [6, 6.07) is 57.4. The van der Waals surface area contributed by atoms with Gasteiger partial charge in [0.25, 0.3) is 0 Å². The molecule has 2 heterocycles. The van der Waals surface area contributed by atoms with Crippen molar-refractivity contribution < 1.29 is 0 Å². The van der Waals surface area contributed by atoms with Crippen molar-refractivity contribution in [2.75, 3.05) is 0 Å². The highest BCUT2D eigenvalue weighted by molar-refractivity contribution is 7.26. The van der Waals surface area contributed by atoms with Gasteiger partial charge in [0.2, 0.25) is 0 Å².